The van der Waals surface area contributed by atoms with Crippen molar-refractivity contribution in [3.05, 3.63) is 112 Å². The molecule has 0 aromatic heterocycles. The lowest BCUT2D eigenvalue weighted by Crippen LogP contribution is -2.54. The zero-order valence-corrected chi connectivity index (χ0v) is 16.8. The van der Waals surface area contributed by atoms with Crippen LogP contribution in [-0.4, -0.2) is 32.0 Å². The summed E-state index contributed by atoms with van der Waals surface area (Å²) in [5.41, 5.74) is -4.95. The summed E-state index contributed by atoms with van der Waals surface area (Å²) < 4.78 is 0. The predicted molar refractivity (Wildman–Crippen MR) is 105 cm³/mol. The van der Waals surface area contributed by atoms with Gasteiger partial charge in [-0.1, -0.05) is 60.7 Å². The number of hydrogen-bond acceptors (Lipinski definition) is 10. The van der Waals surface area contributed by atoms with Crippen molar-refractivity contribution in [3.63, 3.8) is 0 Å². The maximum atomic E-state index is 11.5. The van der Waals surface area contributed by atoms with Crippen LogP contribution in [0.1, 0.15) is 25.0 Å². The van der Waals surface area contributed by atoms with E-state index in [1.165, 1.54) is 48.5 Å². The average molecular weight is 450 g/mol. The second kappa shape index (κ2) is 9.40. The first-order chi connectivity index (χ1) is 14.9. The van der Waals surface area contributed by atoms with E-state index in [2.05, 4.69) is 0 Å². The number of benzene rings is 2. The highest BCUT2D eigenvalue weighted by Gasteiger charge is 2.61. The van der Waals surface area contributed by atoms with Gasteiger partial charge in [0.2, 0.25) is 0 Å². The van der Waals surface area contributed by atoms with Crippen molar-refractivity contribution in [2.24, 2.45) is 0 Å². The van der Waals surface area contributed by atoms with E-state index in [9.17, 15) is 40.5 Å². The van der Waals surface area contributed by atoms with Gasteiger partial charge in [-0.05, 0) is 13.8 Å². The molecule has 0 radical (unpaired) electrons. The highest BCUT2D eigenvalue weighted by Crippen LogP contribution is 2.38. The van der Waals surface area contributed by atoms with Crippen molar-refractivity contribution in [1.82, 2.24) is 0 Å². The van der Waals surface area contributed by atoms with Crippen LogP contribution < -0.4 is 0 Å². The fraction of sp³-hybridized carbons (Fsp3) is 0.333. The zero-order valence-electron chi connectivity index (χ0n) is 16.8. The van der Waals surface area contributed by atoms with Crippen LogP contribution in [0.15, 0.2) is 60.7 Å². The Morgan fingerprint density at radius 3 is 1.06 bits per heavy atom. The first kappa shape index (κ1) is 24.2. The van der Waals surface area contributed by atoms with E-state index < -0.39 is 43.2 Å². The number of rotatable bonds is 11. The molecule has 14 nitrogen and oxygen atoms in total. The Morgan fingerprint density at radius 1 is 0.594 bits per heavy atom. The summed E-state index contributed by atoms with van der Waals surface area (Å²) in [5, 5.41) is 46.1. The Balaban J connectivity index is 2.63. The SMILES string of the molecule is CC(OOC(C)(c1ccccc1)C([N+](=O)[O-])[N+](=O)[O-])(c1ccccc1)C([N+](=O)[O-])[N+](=O)[O-]. The molecule has 0 amide bonds. The van der Waals surface area contributed by atoms with Crippen molar-refractivity contribution in [1.29, 1.82) is 0 Å². The van der Waals surface area contributed by atoms with Crippen molar-refractivity contribution >= 4 is 0 Å². The highest BCUT2D eigenvalue weighted by molar-refractivity contribution is 5.24. The van der Waals surface area contributed by atoms with Gasteiger partial charge < -0.3 is 0 Å². The van der Waals surface area contributed by atoms with Crippen LogP contribution in [0.4, 0.5) is 0 Å². The molecule has 2 atom stereocenters. The summed E-state index contributed by atoms with van der Waals surface area (Å²) in [6.45, 7) is 1.97. The van der Waals surface area contributed by atoms with Crippen LogP contribution in [0.3, 0.4) is 0 Å². The van der Waals surface area contributed by atoms with Crippen LogP contribution in [0.5, 0.6) is 0 Å². The Labute approximate surface area is 179 Å². The van der Waals surface area contributed by atoms with E-state index in [4.69, 9.17) is 9.78 Å². The van der Waals surface area contributed by atoms with Gasteiger partial charge in [-0.3, -0.25) is 40.5 Å². The molecule has 2 aromatic rings. The summed E-state index contributed by atoms with van der Waals surface area (Å²) in [6.07, 6.45) is -5.20. The maximum absolute atomic E-state index is 11.5. The molecule has 0 saturated carbocycles. The molecule has 14 heteroatoms. The van der Waals surface area contributed by atoms with Gasteiger partial charge in [0.25, 0.3) is 11.2 Å². The van der Waals surface area contributed by atoms with Crippen LogP contribution in [0.25, 0.3) is 0 Å². The molecule has 0 N–H and O–H groups in total. The summed E-state index contributed by atoms with van der Waals surface area (Å²) >= 11 is 0. The zero-order chi connectivity index (χ0) is 24.1. The third kappa shape index (κ3) is 4.65. The van der Waals surface area contributed by atoms with Gasteiger partial charge in [-0.2, -0.15) is 0 Å². The number of hydrogen-bond donors (Lipinski definition) is 0. The van der Waals surface area contributed by atoms with E-state index in [0.717, 1.165) is 13.8 Å². The first-order valence-electron chi connectivity index (χ1n) is 8.97. The summed E-state index contributed by atoms with van der Waals surface area (Å²) in [7, 11) is 0. The summed E-state index contributed by atoms with van der Waals surface area (Å²) in [6, 6.07) is 14.0. The van der Waals surface area contributed by atoms with E-state index in [1.54, 1.807) is 12.1 Å². The fourth-order valence-electron chi connectivity index (χ4n) is 3.15. The molecular weight excluding hydrogens is 432 g/mol. The van der Waals surface area contributed by atoms with Crippen molar-refractivity contribution in [2.75, 3.05) is 0 Å². The molecule has 0 fully saturated rings. The third-order valence-electron chi connectivity index (χ3n) is 4.87. The lowest BCUT2D eigenvalue weighted by atomic mass is 9.92. The minimum absolute atomic E-state index is 0.0624. The first-order valence-corrected chi connectivity index (χ1v) is 8.97. The van der Waals surface area contributed by atoms with Crippen molar-refractivity contribution in [2.45, 2.75) is 37.4 Å². The lowest BCUT2D eigenvalue weighted by molar-refractivity contribution is -0.786. The highest BCUT2D eigenvalue weighted by atomic mass is 17.2. The molecule has 0 heterocycles. The van der Waals surface area contributed by atoms with Gasteiger partial charge in [0.05, 0.1) is 19.7 Å². The van der Waals surface area contributed by atoms with Gasteiger partial charge in [-0.15, -0.1) is 0 Å². The van der Waals surface area contributed by atoms with E-state index in [-0.39, 0.29) is 11.1 Å². The lowest BCUT2D eigenvalue weighted by Gasteiger charge is -2.32. The maximum Gasteiger partial charge on any atom is 0.485 e. The van der Waals surface area contributed by atoms with Crippen LogP contribution in [-0.2, 0) is 21.0 Å². The smallest absolute Gasteiger partial charge is 0.258 e. The molecule has 2 rings (SSSR count). The van der Waals surface area contributed by atoms with Gasteiger partial charge in [0.1, 0.15) is 0 Å². The molecule has 0 aliphatic carbocycles. The predicted octanol–water partition coefficient (Wildman–Crippen LogP) is 2.52. The quantitative estimate of drug-likeness (QED) is 0.213. The number of nitro groups is 4. The van der Waals surface area contributed by atoms with Crippen molar-refractivity contribution < 1.29 is 29.5 Å². The Hall–Kier alpha value is -4.04. The van der Waals surface area contributed by atoms with Crippen LogP contribution in [0.2, 0.25) is 0 Å². The molecular formula is C18H18N4O10. The summed E-state index contributed by atoms with van der Waals surface area (Å²) in [5.74, 6) is 0. The van der Waals surface area contributed by atoms with Gasteiger partial charge in [0, 0.05) is 11.1 Å². The Kier molecular flexibility index (Phi) is 7.12. The Bertz CT molecular complexity index is 896. The monoisotopic (exact) mass is 450 g/mol. The molecule has 0 saturated heterocycles. The van der Waals surface area contributed by atoms with E-state index in [1.807, 2.05) is 0 Å². The van der Waals surface area contributed by atoms with Gasteiger partial charge in [0.15, 0.2) is 0 Å². The fourth-order valence-corrected chi connectivity index (χ4v) is 3.15. The van der Waals surface area contributed by atoms with Crippen LogP contribution in [0, 0.1) is 40.5 Å². The van der Waals surface area contributed by atoms with Gasteiger partial charge in [-0.25, -0.2) is 9.78 Å². The molecule has 0 aliphatic rings. The molecule has 170 valence electrons. The van der Waals surface area contributed by atoms with Gasteiger partial charge >= 0.3 is 12.3 Å². The van der Waals surface area contributed by atoms with Crippen LogP contribution >= 0.6 is 0 Å². The average Bonchev–Trinajstić information content (AvgIpc) is 2.72. The van der Waals surface area contributed by atoms with Crippen molar-refractivity contribution in [3.8, 4) is 0 Å². The molecule has 0 bridgehead atoms. The second-order valence-corrected chi connectivity index (χ2v) is 7.00. The van der Waals surface area contributed by atoms with E-state index in [0.29, 0.717) is 0 Å². The third-order valence-corrected chi connectivity index (χ3v) is 4.87. The minimum Gasteiger partial charge on any atom is -0.258 e. The molecule has 32 heavy (non-hydrogen) atoms. The summed E-state index contributed by atoms with van der Waals surface area (Å²) in [4.78, 5) is 51.6. The molecule has 2 aromatic carbocycles. The Morgan fingerprint density at radius 2 is 0.844 bits per heavy atom. The molecule has 0 aliphatic heterocycles. The normalized spacial score (nSPS) is 15.0. The molecule has 2 unspecified atom stereocenters. The van der Waals surface area contributed by atoms with E-state index >= 15 is 0 Å². The number of nitrogens with zero attached hydrogens (tertiary/aromatic N) is 4. The second-order valence-electron chi connectivity index (χ2n) is 7.00. The minimum atomic E-state index is -2.60. The topological polar surface area (TPSA) is 191 Å². The molecule has 0 spiro atoms. The standard InChI is InChI=1S/C18H18N4O10/c1-17(13-9-5-3-6-10-13,15(19(23)24)20(25)26)31-32-18(2,14-11-7-4-8-12-14)16(21(27)28)22(29)30/h3-12,15-16H,1-2H3. The largest absolute Gasteiger partial charge is 0.485 e.